The van der Waals surface area contributed by atoms with Crippen molar-refractivity contribution in [2.45, 2.75) is 12.8 Å². The van der Waals surface area contributed by atoms with Gasteiger partial charge >= 0.3 is 0 Å². The Hall–Kier alpha value is -2.02. The van der Waals surface area contributed by atoms with Gasteiger partial charge in [-0.05, 0) is 25.0 Å². The minimum Gasteiger partial charge on any atom is -0.497 e. The van der Waals surface area contributed by atoms with Crippen LogP contribution in [0.2, 0.25) is 0 Å². The first-order valence-electron chi connectivity index (χ1n) is 6.07. The van der Waals surface area contributed by atoms with Gasteiger partial charge < -0.3 is 14.4 Å². The molecule has 0 aromatic heterocycles. The van der Waals surface area contributed by atoms with Crippen LogP contribution in [0.15, 0.2) is 18.2 Å². The Labute approximate surface area is 107 Å². The molecule has 1 heterocycles. The summed E-state index contributed by atoms with van der Waals surface area (Å²) in [5.74, 6) is 0.916. The maximum absolute atomic E-state index is 10.7. The Morgan fingerprint density at radius 1 is 1.44 bits per heavy atom. The Morgan fingerprint density at radius 2 is 2.17 bits per heavy atom. The van der Waals surface area contributed by atoms with Crippen LogP contribution in [-0.4, -0.2) is 26.5 Å². The van der Waals surface area contributed by atoms with Crippen LogP contribution in [0.3, 0.4) is 0 Å². The summed E-state index contributed by atoms with van der Waals surface area (Å²) in [4.78, 5) is 12.9. The van der Waals surface area contributed by atoms with Gasteiger partial charge in [-0.1, -0.05) is 0 Å². The third-order valence-corrected chi connectivity index (χ3v) is 3.40. The van der Waals surface area contributed by atoms with Crippen molar-refractivity contribution in [3.63, 3.8) is 0 Å². The number of benzene rings is 1. The summed E-state index contributed by atoms with van der Waals surface area (Å²) < 4.78 is 5.20. The molecule has 0 aliphatic carbocycles. The molecule has 1 aromatic carbocycles. The highest BCUT2D eigenvalue weighted by molar-refractivity contribution is 5.63. The minimum atomic E-state index is 0.164. The molecular formula is C14H16N2O2. The van der Waals surface area contributed by atoms with Gasteiger partial charge in [0.05, 0.1) is 18.4 Å². The zero-order valence-corrected chi connectivity index (χ0v) is 10.4. The van der Waals surface area contributed by atoms with Crippen molar-refractivity contribution >= 4 is 12.0 Å². The number of nitrogens with zero attached hydrogens (tertiary/aromatic N) is 2. The molecule has 1 saturated heterocycles. The molecule has 4 heteroatoms. The molecule has 0 spiro atoms. The predicted octanol–water partition coefficient (Wildman–Crippen LogP) is 1.98. The van der Waals surface area contributed by atoms with Gasteiger partial charge in [-0.2, -0.15) is 5.26 Å². The molecule has 0 unspecified atom stereocenters. The number of piperidine rings is 1. The van der Waals surface area contributed by atoms with Crippen molar-refractivity contribution in [2.75, 3.05) is 25.1 Å². The van der Waals surface area contributed by atoms with Crippen molar-refractivity contribution in [3.8, 4) is 11.8 Å². The molecule has 18 heavy (non-hydrogen) atoms. The molecule has 94 valence electrons. The average Bonchev–Trinajstić information content (AvgIpc) is 2.46. The molecule has 0 bridgehead atoms. The third-order valence-electron chi connectivity index (χ3n) is 3.40. The molecule has 0 N–H and O–H groups in total. The number of methoxy groups -OCH3 is 1. The number of carbonyl (C=O) groups is 1. The van der Waals surface area contributed by atoms with E-state index in [1.807, 2.05) is 6.07 Å². The van der Waals surface area contributed by atoms with Gasteiger partial charge in [0.2, 0.25) is 0 Å². The second-order valence-electron chi connectivity index (χ2n) is 4.46. The van der Waals surface area contributed by atoms with Gasteiger partial charge in [-0.25, -0.2) is 0 Å². The van der Waals surface area contributed by atoms with Crippen LogP contribution in [-0.2, 0) is 4.79 Å². The van der Waals surface area contributed by atoms with E-state index in [2.05, 4.69) is 11.0 Å². The molecular weight excluding hydrogens is 228 g/mol. The number of hydrogen-bond donors (Lipinski definition) is 0. The number of aldehydes is 1. The standard InChI is InChI=1S/C14H16N2O2/c1-18-13-3-2-12(9-15)14(8-13)16-6-4-11(10-17)5-7-16/h2-3,8,10-11H,4-7H2,1H3. The summed E-state index contributed by atoms with van der Waals surface area (Å²) in [5, 5.41) is 9.14. The van der Waals surface area contributed by atoms with E-state index in [4.69, 9.17) is 10.00 Å². The van der Waals surface area contributed by atoms with Crippen molar-refractivity contribution in [3.05, 3.63) is 23.8 Å². The third kappa shape index (κ3) is 2.45. The van der Waals surface area contributed by atoms with Gasteiger partial charge in [0.15, 0.2) is 0 Å². The highest BCUT2D eigenvalue weighted by Crippen LogP contribution is 2.29. The van der Waals surface area contributed by atoms with Crippen molar-refractivity contribution in [1.82, 2.24) is 0 Å². The highest BCUT2D eigenvalue weighted by Gasteiger charge is 2.20. The maximum Gasteiger partial charge on any atom is 0.123 e. The van der Waals surface area contributed by atoms with Crippen molar-refractivity contribution in [2.24, 2.45) is 5.92 Å². The molecule has 1 fully saturated rings. The topological polar surface area (TPSA) is 53.3 Å². The van der Waals surface area contributed by atoms with Gasteiger partial charge in [0.1, 0.15) is 18.1 Å². The lowest BCUT2D eigenvalue weighted by molar-refractivity contribution is -0.111. The van der Waals surface area contributed by atoms with E-state index in [-0.39, 0.29) is 5.92 Å². The smallest absolute Gasteiger partial charge is 0.123 e. The monoisotopic (exact) mass is 244 g/mol. The quantitative estimate of drug-likeness (QED) is 0.763. The fourth-order valence-electron chi connectivity index (χ4n) is 2.27. The minimum absolute atomic E-state index is 0.164. The van der Waals surface area contributed by atoms with E-state index in [0.29, 0.717) is 5.56 Å². The summed E-state index contributed by atoms with van der Waals surface area (Å²) in [6.45, 7) is 1.62. The Balaban J connectivity index is 2.22. The van der Waals surface area contributed by atoms with Gasteiger partial charge in [0, 0.05) is 25.1 Å². The maximum atomic E-state index is 10.7. The molecule has 1 aliphatic rings. The molecule has 1 aliphatic heterocycles. The van der Waals surface area contributed by atoms with Crippen LogP contribution in [0.5, 0.6) is 5.75 Å². The SMILES string of the molecule is COc1ccc(C#N)c(N2CCC(C=O)CC2)c1. The van der Waals surface area contributed by atoms with E-state index in [1.165, 1.54) is 0 Å². The predicted molar refractivity (Wildman–Crippen MR) is 68.7 cm³/mol. The van der Waals surface area contributed by atoms with Gasteiger partial charge in [-0.15, -0.1) is 0 Å². The van der Waals surface area contributed by atoms with E-state index >= 15 is 0 Å². The molecule has 4 nitrogen and oxygen atoms in total. The van der Waals surface area contributed by atoms with Crippen LogP contribution in [0.1, 0.15) is 18.4 Å². The Bertz CT molecular complexity index is 471. The largest absolute Gasteiger partial charge is 0.497 e. The lowest BCUT2D eigenvalue weighted by Crippen LogP contribution is -2.34. The second-order valence-corrected chi connectivity index (χ2v) is 4.46. The number of anilines is 1. The van der Waals surface area contributed by atoms with Crippen LogP contribution in [0, 0.1) is 17.2 Å². The summed E-state index contributed by atoms with van der Waals surface area (Å²) >= 11 is 0. The lowest BCUT2D eigenvalue weighted by atomic mass is 9.97. The summed E-state index contributed by atoms with van der Waals surface area (Å²) in [6.07, 6.45) is 2.74. The zero-order chi connectivity index (χ0) is 13.0. The van der Waals surface area contributed by atoms with Crippen molar-refractivity contribution < 1.29 is 9.53 Å². The molecule has 2 rings (SSSR count). The molecule has 1 aromatic rings. The van der Waals surface area contributed by atoms with Gasteiger partial charge in [-0.3, -0.25) is 0 Å². The van der Waals surface area contributed by atoms with Gasteiger partial charge in [0.25, 0.3) is 0 Å². The van der Waals surface area contributed by atoms with Crippen LogP contribution < -0.4 is 9.64 Å². The normalized spacial score (nSPS) is 16.1. The number of carbonyl (C=O) groups excluding carboxylic acids is 1. The van der Waals surface area contributed by atoms with Crippen molar-refractivity contribution in [1.29, 1.82) is 5.26 Å². The fraction of sp³-hybridized carbons (Fsp3) is 0.429. The summed E-state index contributed by atoms with van der Waals surface area (Å²) in [5.41, 5.74) is 1.56. The van der Waals surface area contributed by atoms with E-state index in [9.17, 15) is 4.79 Å². The summed E-state index contributed by atoms with van der Waals surface area (Å²) in [7, 11) is 1.61. The molecule has 0 radical (unpaired) electrons. The van der Waals surface area contributed by atoms with Crippen LogP contribution in [0.25, 0.3) is 0 Å². The second kappa shape index (κ2) is 5.54. The first kappa shape index (κ1) is 12.4. The van der Waals surface area contributed by atoms with Crippen LogP contribution in [0.4, 0.5) is 5.69 Å². The molecule has 0 atom stereocenters. The number of rotatable bonds is 3. The fourth-order valence-corrected chi connectivity index (χ4v) is 2.27. The summed E-state index contributed by atoms with van der Waals surface area (Å²) in [6, 6.07) is 7.66. The Kier molecular flexibility index (Phi) is 3.83. The first-order valence-corrected chi connectivity index (χ1v) is 6.07. The zero-order valence-electron chi connectivity index (χ0n) is 10.4. The number of ether oxygens (including phenoxy) is 1. The molecule has 0 saturated carbocycles. The average molecular weight is 244 g/mol. The molecule has 0 amide bonds. The van der Waals surface area contributed by atoms with E-state index in [0.717, 1.165) is 43.7 Å². The van der Waals surface area contributed by atoms with E-state index < -0.39 is 0 Å². The highest BCUT2D eigenvalue weighted by atomic mass is 16.5. The first-order chi connectivity index (χ1) is 8.78. The van der Waals surface area contributed by atoms with E-state index in [1.54, 1.807) is 19.2 Å². The lowest BCUT2D eigenvalue weighted by Gasteiger charge is -2.32. The number of hydrogen-bond acceptors (Lipinski definition) is 4. The van der Waals surface area contributed by atoms with Crippen LogP contribution >= 0.6 is 0 Å². The number of nitriles is 1. The Morgan fingerprint density at radius 3 is 2.72 bits per heavy atom.